The Morgan fingerprint density at radius 1 is 1.62 bits per heavy atom. The van der Waals surface area contributed by atoms with Gasteiger partial charge in [-0.1, -0.05) is 6.92 Å². The Balaban J connectivity index is 2.41. The highest BCUT2D eigenvalue weighted by Gasteiger charge is 2.41. The number of rotatable bonds is 2. The van der Waals surface area contributed by atoms with Gasteiger partial charge in [0.25, 0.3) is 0 Å². The Morgan fingerprint density at radius 2 is 2.38 bits per heavy atom. The largest absolute Gasteiger partial charge is 0.478 e. The fourth-order valence-electron chi connectivity index (χ4n) is 2.05. The summed E-state index contributed by atoms with van der Waals surface area (Å²) in [5.74, 6) is 0.0875. The number of thiophene rings is 1. The summed E-state index contributed by atoms with van der Waals surface area (Å²) in [4.78, 5) is 11.7. The molecule has 2 N–H and O–H groups in total. The molecule has 2 rings (SSSR count). The minimum Gasteiger partial charge on any atom is -0.478 e. The molecule has 1 aromatic heterocycles. The van der Waals surface area contributed by atoms with Gasteiger partial charge in [-0.15, -0.1) is 11.3 Å². The Morgan fingerprint density at radius 3 is 3.00 bits per heavy atom. The number of hydrogen-bond donors (Lipinski definition) is 2. The number of carboxylic acids is 1. The van der Waals surface area contributed by atoms with Gasteiger partial charge >= 0.3 is 5.97 Å². The second-order valence-corrected chi connectivity index (χ2v) is 6.37. The molecule has 1 aliphatic heterocycles. The first-order valence-electron chi connectivity index (χ1n) is 5.21. The molecule has 0 bridgehead atoms. The van der Waals surface area contributed by atoms with Gasteiger partial charge in [0.1, 0.15) is 5.60 Å². The molecule has 5 heteroatoms. The molecule has 0 aromatic carbocycles. The highest BCUT2D eigenvalue weighted by Crippen LogP contribution is 2.44. The molecule has 16 heavy (non-hydrogen) atoms. The van der Waals surface area contributed by atoms with E-state index in [2.05, 4.69) is 0 Å². The van der Waals surface area contributed by atoms with Crippen LogP contribution in [-0.4, -0.2) is 27.2 Å². The van der Waals surface area contributed by atoms with Crippen LogP contribution in [-0.2, 0) is 5.60 Å². The van der Waals surface area contributed by atoms with Gasteiger partial charge in [-0.05, 0) is 30.0 Å². The summed E-state index contributed by atoms with van der Waals surface area (Å²) in [6, 6.07) is 1.58. The number of aromatic carboxylic acids is 1. The molecular weight excluding hydrogens is 244 g/mol. The first kappa shape index (κ1) is 12.0. The van der Waals surface area contributed by atoms with Crippen LogP contribution in [0.4, 0.5) is 0 Å². The molecule has 2 heterocycles. The maximum atomic E-state index is 11.1. The summed E-state index contributed by atoms with van der Waals surface area (Å²) in [7, 11) is 0. The Labute approximate surface area is 102 Å². The first-order chi connectivity index (χ1) is 7.55. The third-order valence-corrected chi connectivity index (χ3v) is 5.53. The van der Waals surface area contributed by atoms with Crippen LogP contribution in [0.25, 0.3) is 0 Å². The van der Waals surface area contributed by atoms with Gasteiger partial charge in [-0.25, -0.2) is 4.79 Å². The number of hydrogen-bond acceptors (Lipinski definition) is 4. The van der Waals surface area contributed by atoms with E-state index in [1.165, 1.54) is 11.3 Å². The summed E-state index contributed by atoms with van der Waals surface area (Å²) < 4.78 is 0. The van der Waals surface area contributed by atoms with Crippen molar-refractivity contribution in [2.45, 2.75) is 30.6 Å². The van der Waals surface area contributed by atoms with Crippen molar-refractivity contribution in [2.75, 3.05) is 5.75 Å². The second-order valence-electron chi connectivity index (χ2n) is 4.01. The lowest BCUT2D eigenvalue weighted by molar-refractivity contribution is 0.0270. The molecule has 1 saturated heterocycles. The van der Waals surface area contributed by atoms with Crippen LogP contribution >= 0.6 is 23.1 Å². The van der Waals surface area contributed by atoms with Gasteiger partial charge in [-0.2, -0.15) is 11.8 Å². The molecular formula is C11H14O3S2. The smallest absolute Gasteiger partial charge is 0.336 e. The topological polar surface area (TPSA) is 57.5 Å². The van der Waals surface area contributed by atoms with E-state index in [1.807, 2.05) is 6.92 Å². The fraction of sp³-hybridized carbons (Fsp3) is 0.545. The van der Waals surface area contributed by atoms with Gasteiger partial charge < -0.3 is 10.2 Å². The van der Waals surface area contributed by atoms with Gasteiger partial charge in [0.2, 0.25) is 0 Å². The van der Waals surface area contributed by atoms with Crippen LogP contribution in [0.2, 0.25) is 0 Å². The van der Waals surface area contributed by atoms with Crippen molar-refractivity contribution >= 4 is 29.1 Å². The van der Waals surface area contributed by atoms with Crippen molar-refractivity contribution < 1.29 is 15.0 Å². The molecule has 1 fully saturated rings. The number of aliphatic hydroxyl groups is 1. The lowest BCUT2D eigenvalue weighted by Crippen LogP contribution is -2.39. The molecule has 0 spiro atoms. The molecule has 3 nitrogen and oxygen atoms in total. The van der Waals surface area contributed by atoms with Gasteiger partial charge in [0.05, 0.1) is 10.4 Å². The first-order valence-corrected chi connectivity index (χ1v) is 7.14. The average molecular weight is 258 g/mol. The van der Waals surface area contributed by atoms with Crippen molar-refractivity contribution in [3.63, 3.8) is 0 Å². The number of thioether (sulfide) groups is 1. The van der Waals surface area contributed by atoms with E-state index in [1.54, 1.807) is 23.2 Å². The van der Waals surface area contributed by atoms with E-state index in [4.69, 9.17) is 5.11 Å². The third kappa shape index (κ3) is 1.87. The van der Waals surface area contributed by atoms with Crippen LogP contribution in [0.3, 0.4) is 0 Å². The summed E-state index contributed by atoms with van der Waals surface area (Å²) in [6.07, 6.45) is 1.59. The van der Waals surface area contributed by atoms with Crippen LogP contribution in [0.15, 0.2) is 11.4 Å². The van der Waals surface area contributed by atoms with Crippen LogP contribution in [0, 0.1) is 0 Å². The van der Waals surface area contributed by atoms with E-state index in [-0.39, 0.29) is 10.8 Å². The van der Waals surface area contributed by atoms with Gasteiger partial charge in [-0.3, -0.25) is 0 Å². The van der Waals surface area contributed by atoms with E-state index in [0.717, 1.165) is 12.2 Å². The Bertz CT molecular complexity index is 402. The Hall–Kier alpha value is -0.520. The fourth-order valence-corrected chi connectivity index (χ4v) is 4.41. The standard InChI is InChI=1S/C11H14O3S2/c1-7-11(14,4-2-5-15-7)9-8(10(12)13)3-6-16-9/h3,6-7,14H,2,4-5H2,1H3,(H,12,13). The van der Waals surface area contributed by atoms with E-state index >= 15 is 0 Å². The van der Waals surface area contributed by atoms with Gasteiger partial charge in [0, 0.05) is 5.25 Å². The van der Waals surface area contributed by atoms with Crippen molar-refractivity contribution in [3.8, 4) is 0 Å². The molecule has 0 amide bonds. The van der Waals surface area contributed by atoms with E-state index < -0.39 is 11.6 Å². The van der Waals surface area contributed by atoms with Crippen molar-refractivity contribution in [1.82, 2.24) is 0 Å². The zero-order valence-corrected chi connectivity index (χ0v) is 10.6. The van der Waals surface area contributed by atoms with Crippen molar-refractivity contribution in [3.05, 3.63) is 21.9 Å². The molecule has 0 aliphatic carbocycles. The minimum absolute atomic E-state index is 0.0537. The normalized spacial score (nSPS) is 30.2. The zero-order valence-electron chi connectivity index (χ0n) is 8.97. The highest BCUT2D eigenvalue weighted by molar-refractivity contribution is 8.00. The Kier molecular flexibility index (Phi) is 3.28. The van der Waals surface area contributed by atoms with E-state index in [9.17, 15) is 9.90 Å². The minimum atomic E-state index is -0.967. The number of carboxylic acid groups (broad SMARTS) is 1. The molecule has 1 aliphatic rings. The maximum Gasteiger partial charge on any atom is 0.336 e. The predicted octanol–water partition coefficient (Wildman–Crippen LogP) is 2.55. The lowest BCUT2D eigenvalue weighted by Gasteiger charge is -2.37. The molecule has 88 valence electrons. The molecule has 2 atom stereocenters. The monoisotopic (exact) mass is 258 g/mol. The summed E-state index contributed by atoms with van der Waals surface area (Å²) in [6.45, 7) is 1.97. The van der Waals surface area contributed by atoms with E-state index in [0.29, 0.717) is 11.3 Å². The molecule has 0 saturated carbocycles. The summed E-state index contributed by atoms with van der Waals surface area (Å²) in [5, 5.41) is 21.5. The summed E-state index contributed by atoms with van der Waals surface area (Å²) >= 11 is 3.05. The zero-order chi connectivity index (χ0) is 11.8. The predicted molar refractivity (Wildman–Crippen MR) is 66.3 cm³/mol. The van der Waals surface area contributed by atoms with Crippen molar-refractivity contribution in [2.24, 2.45) is 0 Å². The van der Waals surface area contributed by atoms with Crippen LogP contribution in [0.1, 0.15) is 35.0 Å². The molecule has 1 aromatic rings. The van der Waals surface area contributed by atoms with Crippen LogP contribution < -0.4 is 0 Å². The quantitative estimate of drug-likeness (QED) is 0.856. The SMILES string of the molecule is CC1SCCCC1(O)c1sccc1C(=O)O. The third-order valence-electron chi connectivity index (χ3n) is 3.03. The second kappa shape index (κ2) is 4.39. The summed E-state index contributed by atoms with van der Waals surface area (Å²) in [5.41, 5.74) is -0.716. The molecule has 2 unspecified atom stereocenters. The van der Waals surface area contributed by atoms with Gasteiger partial charge in [0.15, 0.2) is 0 Å². The lowest BCUT2D eigenvalue weighted by atomic mass is 9.90. The molecule has 0 radical (unpaired) electrons. The van der Waals surface area contributed by atoms with Crippen molar-refractivity contribution in [1.29, 1.82) is 0 Å². The average Bonchev–Trinajstić information content (AvgIpc) is 2.72. The highest BCUT2D eigenvalue weighted by atomic mass is 32.2. The maximum absolute atomic E-state index is 11.1. The van der Waals surface area contributed by atoms with Crippen LogP contribution in [0.5, 0.6) is 0 Å². The number of carbonyl (C=O) groups is 1.